The molecule has 88 valence electrons. The first-order valence-corrected chi connectivity index (χ1v) is 6.44. The minimum Gasteiger partial charge on any atom is -0.381 e. The van der Waals surface area contributed by atoms with Crippen LogP contribution in [0.1, 0.15) is 38.5 Å². The van der Waals surface area contributed by atoms with Crippen LogP contribution < -0.4 is 11.1 Å². The summed E-state index contributed by atoms with van der Waals surface area (Å²) in [6.45, 7) is 2.58. The minimum absolute atomic E-state index is 0.482. The minimum atomic E-state index is 0.482. The first kappa shape index (κ1) is 11.4. The van der Waals surface area contributed by atoms with Gasteiger partial charge in [-0.05, 0) is 19.3 Å². The molecule has 0 spiro atoms. The van der Waals surface area contributed by atoms with Gasteiger partial charge < -0.3 is 15.8 Å². The second kappa shape index (κ2) is 5.83. The summed E-state index contributed by atoms with van der Waals surface area (Å²) in [7, 11) is 0. The first-order chi connectivity index (χ1) is 7.40. The van der Waals surface area contributed by atoms with Gasteiger partial charge in [-0.1, -0.05) is 19.3 Å². The molecule has 0 bridgehead atoms. The Morgan fingerprint density at radius 3 is 2.60 bits per heavy atom. The summed E-state index contributed by atoms with van der Waals surface area (Å²) in [5.41, 5.74) is 5.85. The highest BCUT2D eigenvalue weighted by Crippen LogP contribution is 2.21. The normalized spacial score (nSPS) is 30.6. The number of rotatable bonds is 4. The second-order valence-corrected chi connectivity index (χ2v) is 4.97. The highest BCUT2D eigenvalue weighted by molar-refractivity contribution is 4.84. The van der Waals surface area contributed by atoms with E-state index >= 15 is 0 Å². The molecule has 1 saturated heterocycles. The predicted molar refractivity (Wildman–Crippen MR) is 61.8 cm³/mol. The second-order valence-electron chi connectivity index (χ2n) is 4.97. The van der Waals surface area contributed by atoms with E-state index in [-0.39, 0.29) is 0 Å². The van der Waals surface area contributed by atoms with E-state index in [0.717, 1.165) is 19.8 Å². The third kappa shape index (κ3) is 3.16. The number of nitrogens with two attached hydrogens (primary N) is 1. The summed E-state index contributed by atoms with van der Waals surface area (Å²) in [5.74, 6) is 0.650. The average molecular weight is 212 g/mol. The van der Waals surface area contributed by atoms with Crippen molar-refractivity contribution in [1.82, 2.24) is 5.32 Å². The van der Waals surface area contributed by atoms with E-state index in [4.69, 9.17) is 10.5 Å². The molecule has 1 aliphatic heterocycles. The van der Waals surface area contributed by atoms with Crippen molar-refractivity contribution in [2.45, 2.75) is 50.6 Å². The van der Waals surface area contributed by atoms with E-state index in [1.165, 1.54) is 38.5 Å². The van der Waals surface area contributed by atoms with Crippen LogP contribution in [0.4, 0.5) is 0 Å². The highest BCUT2D eigenvalue weighted by Gasteiger charge is 2.26. The third-order valence-electron chi connectivity index (χ3n) is 3.84. The van der Waals surface area contributed by atoms with Gasteiger partial charge >= 0.3 is 0 Å². The molecule has 2 fully saturated rings. The fourth-order valence-corrected chi connectivity index (χ4v) is 2.84. The van der Waals surface area contributed by atoms with Crippen LogP contribution in [0, 0.1) is 5.92 Å². The Labute approximate surface area is 92.7 Å². The largest absolute Gasteiger partial charge is 0.381 e. The molecule has 1 aliphatic carbocycles. The zero-order chi connectivity index (χ0) is 10.5. The molecule has 0 radical (unpaired) electrons. The van der Waals surface area contributed by atoms with Gasteiger partial charge in [0.05, 0.1) is 6.61 Å². The molecule has 1 heterocycles. The summed E-state index contributed by atoms with van der Waals surface area (Å²) >= 11 is 0. The summed E-state index contributed by atoms with van der Waals surface area (Å²) in [6, 6.07) is 1.20. The van der Waals surface area contributed by atoms with Gasteiger partial charge in [-0.15, -0.1) is 0 Å². The van der Waals surface area contributed by atoms with Gasteiger partial charge in [0.2, 0.25) is 0 Å². The molecular weight excluding hydrogens is 188 g/mol. The molecule has 2 rings (SSSR count). The van der Waals surface area contributed by atoms with Crippen molar-refractivity contribution in [3.05, 3.63) is 0 Å². The van der Waals surface area contributed by atoms with Crippen LogP contribution in [-0.4, -0.2) is 31.8 Å². The maximum Gasteiger partial charge on any atom is 0.0510 e. The monoisotopic (exact) mass is 212 g/mol. The number of hydrogen-bond donors (Lipinski definition) is 2. The lowest BCUT2D eigenvalue weighted by molar-refractivity contribution is 0.173. The van der Waals surface area contributed by atoms with Gasteiger partial charge in [0, 0.05) is 31.2 Å². The molecule has 0 amide bonds. The maximum absolute atomic E-state index is 5.85. The SMILES string of the molecule is NCC(NC1CCCCC1)C1CCOC1. The molecule has 3 N–H and O–H groups in total. The van der Waals surface area contributed by atoms with Crippen LogP contribution in [0.3, 0.4) is 0 Å². The van der Waals surface area contributed by atoms with Gasteiger partial charge in [0.25, 0.3) is 0 Å². The van der Waals surface area contributed by atoms with Crippen molar-refractivity contribution in [1.29, 1.82) is 0 Å². The third-order valence-corrected chi connectivity index (χ3v) is 3.84. The molecule has 3 nitrogen and oxygen atoms in total. The molecule has 3 heteroatoms. The topological polar surface area (TPSA) is 47.3 Å². The van der Waals surface area contributed by atoms with Crippen molar-refractivity contribution >= 4 is 0 Å². The van der Waals surface area contributed by atoms with Gasteiger partial charge in [-0.2, -0.15) is 0 Å². The number of ether oxygens (including phenoxy) is 1. The smallest absolute Gasteiger partial charge is 0.0510 e. The van der Waals surface area contributed by atoms with Crippen LogP contribution in [0.2, 0.25) is 0 Å². The van der Waals surface area contributed by atoms with Crippen LogP contribution in [0.5, 0.6) is 0 Å². The first-order valence-electron chi connectivity index (χ1n) is 6.44. The van der Waals surface area contributed by atoms with Crippen LogP contribution in [-0.2, 0) is 4.74 Å². The van der Waals surface area contributed by atoms with E-state index in [9.17, 15) is 0 Å². The maximum atomic E-state index is 5.85. The Hall–Kier alpha value is -0.120. The Bertz CT molecular complexity index is 174. The van der Waals surface area contributed by atoms with Crippen molar-refractivity contribution in [2.24, 2.45) is 11.7 Å². The van der Waals surface area contributed by atoms with Crippen molar-refractivity contribution in [3.63, 3.8) is 0 Å². The highest BCUT2D eigenvalue weighted by atomic mass is 16.5. The van der Waals surface area contributed by atoms with Gasteiger partial charge in [-0.25, -0.2) is 0 Å². The molecule has 0 aromatic heterocycles. The van der Waals surface area contributed by atoms with Crippen molar-refractivity contribution in [2.75, 3.05) is 19.8 Å². The Morgan fingerprint density at radius 1 is 1.20 bits per heavy atom. The molecule has 0 aromatic rings. The summed E-state index contributed by atoms with van der Waals surface area (Å²) < 4.78 is 5.43. The van der Waals surface area contributed by atoms with Gasteiger partial charge in [0.1, 0.15) is 0 Å². The number of hydrogen-bond acceptors (Lipinski definition) is 3. The molecule has 0 aromatic carbocycles. The Balaban J connectivity index is 1.78. The van der Waals surface area contributed by atoms with E-state index in [1.807, 2.05) is 0 Å². The molecule has 2 atom stereocenters. The van der Waals surface area contributed by atoms with Crippen LogP contribution in [0.15, 0.2) is 0 Å². The van der Waals surface area contributed by atoms with E-state index in [0.29, 0.717) is 18.0 Å². The zero-order valence-corrected chi connectivity index (χ0v) is 9.58. The summed E-state index contributed by atoms with van der Waals surface area (Å²) in [6.07, 6.45) is 8.04. The fraction of sp³-hybridized carbons (Fsp3) is 1.00. The quantitative estimate of drug-likeness (QED) is 0.738. The lowest BCUT2D eigenvalue weighted by Crippen LogP contribution is -2.48. The number of nitrogens with one attached hydrogen (secondary N) is 1. The standard InChI is InChI=1S/C12H24N2O/c13-8-12(10-6-7-15-9-10)14-11-4-2-1-3-5-11/h10-12,14H,1-9,13H2. The van der Waals surface area contributed by atoms with Gasteiger partial charge in [0.15, 0.2) is 0 Å². The summed E-state index contributed by atoms with van der Waals surface area (Å²) in [5, 5.41) is 3.74. The predicted octanol–water partition coefficient (Wildman–Crippen LogP) is 1.27. The van der Waals surface area contributed by atoms with Crippen LogP contribution >= 0.6 is 0 Å². The van der Waals surface area contributed by atoms with E-state index < -0.39 is 0 Å². The van der Waals surface area contributed by atoms with Gasteiger partial charge in [-0.3, -0.25) is 0 Å². The lowest BCUT2D eigenvalue weighted by Gasteiger charge is -2.30. The molecule has 15 heavy (non-hydrogen) atoms. The van der Waals surface area contributed by atoms with Crippen molar-refractivity contribution in [3.8, 4) is 0 Å². The Morgan fingerprint density at radius 2 is 2.00 bits per heavy atom. The molecular formula is C12H24N2O. The van der Waals surface area contributed by atoms with Crippen LogP contribution in [0.25, 0.3) is 0 Å². The van der Waals surface area contributed by atoms with Crippen molar-refractivity contribution < 1.29 is 4.74 Å². The summed E-state index contributed by atoms with van der Waals surface area (Å²) in [4.78, 5) is 0. The zero-order valence-electron chi connectivity index (χ0n) is 9.58. The average Bonchev–Trinajstić information content (AvgIpc) is 2.81. The molecule has 2 aliphatic rings. The van der Waals surface area contributed by atoms with E-state index in [1.54, 1.807) is 0 Å². The lowest BCUT2D eigenvalue weighted by atomic mass is 9.92. The molecule has 2 unspecified atom stereocenters. The fourth-order valence-electron chi connectivity index (χ4n) is 2.84. The van der Waals surface area contributed by atoms with E-state index in [2.05, 4.69) is 5.32 Å². The molecule has 1 saturated carbocycles. The Kier molecular flexibility index (Phi) is 4.42.